The molecule has 0 atom stereocenters. The topological polar surface area (TPSA) is 78.9 Å². The highest BCUT2D eigenvalue weighted by atomic mass is 19.1. The molecule has 1 saturated carbocycles. The van der Waals surface area contributed by atoms with E-state index in [9.17, 15) is 9.60 Å². The summed E-state index contributed by atoms with van der Waals surface area (Å²) in [6, 6.07) is 3.08. The van der Waals surface area contributed by atoms with Gasteiger partial charge in [0.1, 0.15) is 0 Å². The van der Waals surface area contributed by atoms with E-state index in [0.717, 1.165) is 6.54 Å². The van der Waals surface area contributed by atoms with Crippen LogP contribution in [-0.2, 0) is 6.54 Å². The number of nitrogen functional groups attached to an aromatic ring is 1. The SMILES string of the molecule is Nc1ccc(-c2cnn(CC3CCC3)c2)c(F)c1N[O-]. The van der Waals surface area contributed by atoms with Crippen LogP contribution in [0.3, 0.4) is 0 Å². The number of aromatic nitrogens is 2. The minimum absolute atomic E-state index is 0.100. The van der Waals surface area contributed by atoms with Crippen LogP contribution in [0.1, 0.15) is 19.3 Å². The molecule has 1 aromatic carbocycles. The Morgan fingerprint density at radius 2 is 2.25 bits per heavy atom. The quantitative estimate of drug-likeness (QED) is 0.664. The monoisotopic (exact) mass is 275 g/mol. The number of hydrogen-bond acceptors (Lipinski definition) is 4. The van der Waals surface area contributed by atoms with Crippen molar-refractivity contribution in [3.8, 4) is 11.1 Å². The van der Waals surface area contributed by atoms with Crippen molar-refractivity contribution in [2.24, 2.45) is 5.92 Å². The first-order valence-corrected chi connectivity index (χ1v) is 6.68. The van der Waals surface area contributed by atoms with E-state index in [-0.39, 0.29) is 11.4 Å². The van der Waals surface area contributed by atoms with Crippen LogP contribution < -0.4 is 11.2 Å². The number of nitrogens with one attached hydrogen (secondary N) is 1. The molecule has 106 valence electrons. The van der Waals surface area contributed by atoms with Crippen LogP contribution in [0.25, 0.3) is 11.1 Å². The molecule has 0 aliphatic heterocycles. The fourth-order valence-corrected chi connectivity index (χ4v) is 2.46. The minimum atomic E-state index is -0.636. The molecule has 1 fully saturated rings. The lowest BCUT2D eigenvalue weighted by molar-refractivity contribution is 0.266. The second kappa shape index (κ2) is 5.13. The third-order valence-electron chi connectivity index (χ3n) is 3.89. The standard InChI is InChI=1S/C14H16FN4O/c15-13-11(4-5-12(16)14(13)18-20)10-6-17-19(8-10)7-9-2-1-3-9/h4-6,8-9,18H,1-3,7,16H2/q-1. The molecule has 20 heavy (non-hydrogen) atoms. The van der Waals surface area contributed by atoms with Gasteiger partial charge in [-0.1, -0.05) is 6.42 Å². The smallest absolute Gasteiger partial charge is 0.155 e. The molecule has 0 bridgehead atoms. The maximum absolute atomic E-state index is 14.2. The van der Waals surface area contributed by atoms with Gasteiger partial charge in [-0.25, -0.2) is 4.39 Å². The van der Waals surface area contributed by atoms with Crippen LogP contribution in [0.15, 0.2) is 24.5 Å². The highest BCUT2D eigenvalue weighted by molar-refractivity contribution is 5.77. The summed E-state index contributed by atoms with van der Waals surface area (Å²) < 4.78 is 16.0. The predicted octanol–water partition coefficient (Wildman–Crippen LogP) is 2.98. The van der Waals surface area contributed by atoms with Crippen molar-refractivity contribution in [1.82, 2.24) is 9.78 Å². The van der Waals surface area contributed by atoms with Crippen LogP contribution in [0.5, 0.6) is 0 Å². The molecule has 2 aromatic rings. The Labute approximate surface area is 116 Å². The number of nitrogens with zero attached hydrogens (tertiary/aromatic N) is 2. The van der Waals surface area contributed by atoms with Crippen molar-refractivity contribution in [2.45, 2.75) is 25.8 Å². The van der Waals surface area contributed by atoms with E-state index in [2.05, 4.69) is 5.10 Å². The molecule has 1 heterocycles. The van der Waals surface area contributed by atoms with Crippen LogP contribution in [0, 0.1) is 16.9 Å². The van der Waals surface area contributed by atoms with Gasteiger partial charge in [-0.3, -0.25) is 4.68 Å². The minimum Gasteiger partial charge on any atom is -0.761 e. The number of anilines is 2. The number of benzene rings is 1. The van der Waals surface area contributed by atoms with Gasteiger partial charge < -0.3 is 16.4 Å². The van der Waals surface area contributed by atoms with Crippen LogP contribution in [0.4, 0.5) is 15.8 Å². The summed E-state index contributed by atoms with van der Waals surface area (Å²) in [5.41, 5.74) is 7.97. The Hall–Kier alpha value is -2.08. The zero-order chi connectivity index (χ0) is 14.1. The molecule has 5 nitrogen and oxygen atoms in total. The summed E-state index contributed by atoms with van der Waals surface area (Å²) in [5.74, 6) is 0.0427. The molecular formula is C14H16FN4O-. The number of hydrogen-bond donors (Lipinski definition) is 2. The van der Waals surface area contributed by atoms with Gasteiger partial charge in [0.05, 0.1) is 17.6 Å². The van der Waals surface area contributed by atoms with Gasteiger partial charge in [-0.05, 0) is 30.9 Å². The summed E-state index contributed by atoms with van der Waals surface area (Å²) >= 11 is 0. The second-order valence-corrected chi connectivity index (χ2v) is 5.24. The van der Waals surface area contributed by atoms with Crippen molar-refractivity contribution < 1.29 is 4.39 Å². The molecule has 0 amide bonds. The number of rotatable bonds is 4. The zero-order valence-electron chi connectivity index (χ0n) is 11.0. The van der Waals surface area contributed by atoms with Gasteiger partial charge in [0.15, 0.2) is 5.82 Å². The van der Waals surface area contributed by atoms with Crippen molar-refractivity contribution in [1.29, 1.82) is 0 Å². The van der Waals surface area contributed by atoms with Gasteiger partial charge in [0.2, 0.25) is 0 Å². The Balaban J connectivity index is 1.88. The van der Waals surface area contributed by atoms with Crippen LogP contribution >= 0.6 is 0 Å². The predicted molar refractivity (Wildman–Crippen MR) is 76.4 cm³/mol. The van der Waals surface area contributed by atoms with E-state index in [1.54, 1.807) is 17.7 Å². The second-order valence-electron chi connectivity index (χ2n) is 5.24. The van der Waals surface area contributed by atoms with E-state index in [1.165, 1.54) is 25.3 Å². The Morgan fingerprint density at radius 3 is 2.90 bits per heavy atom. The summed E-state index contributed by atoms with van der Waals surface area (Å²) in [6.45, 7) is 0.864. The van der Waals surface area contributed by atoms with Crippen LogP contribution in [0.2, 0.25) is 0 Å². The maximum Gasteiger partial charge on any atom is 0.155 e. The molecule has 0 spiro atoms. The van der Waals surface area contributed by atoms with Gasteiger partial charge in [0.25, 0.3) is 0 Å². The van der Waals surface area contributed by atoms with Crippen molar-refractivity contribution >= 4 is 11.4 Å². The van der Waals surface area contributed by atoms with Crippen LogP contribution in [-0.4, -0.2) is 9.78 Å². The lowest BCUT2D eigenvalue weighted by Gasteiger charge is -2.24. The van der Waals surface area contributed by atoms with Crippen molar-refractivity contribution in [2.75, 3.05) is 11.2 Å². The first-order valence-electron chi connectivity index (χ1n) is 6.68. The molecule has 1 aliphatic carbocycles. The lowest BCUT2D eigenvalue weighted by Crippen LogP contribution is -2.18. The summed E-state index contributed by atoms with van der Waals surface area (Å²) in [7, 11) is 0. The molecular weight excluding hydrogens is 259 g/mol. The van der Waals surface area contributed by atoms with E-state index >= 15 is 0 Å². The highest BCUT2D eigenvalue weighted by Crippen LogP contribution is 2.32. The molecule has 3 N–H and O–H groups in total. The van der Waals surface area contributed by atoms with Gasteiger partial charge in [-0.2, -0.15) is 5.10 Å². The average Bonchev–Trinajstić information content (AvgIpc) is 2.83. The van der Waals surface area contributed by atoms with Gasteiger partial charge in [0, 0.05) is 23.9 Å². The molecule has 0 saturated heterocycles. The summed E-state index contributed by atoms with van der Waals surface area (Å²) in [6.07, 6.45) is 7.17. The highest BCUT2D eigenvalue weighted by Gasteiger charge is 2.19. The zero-order valence-corrected chi connectivity index (χ0v) is 11.0. The van der Waals surface area contributed by atoms with Gasteiger partial charge >= 0.3 is 0 Å². The largest absolute Gasteiger partial charge is 0.761 e. The first-order chi connectivity index (χ1) is 9.69. The normalized spacial score (nSPS) is 15.1. The lowest BCUT2D eigenvalue weighted by atomic mass is 9.85. The molecule has 1 aromatic heterocycles. The Kier molecular flexibility index (Phi) is 3.31. The van der Waals surface area contributed by atoms with E-state index < -0.39 is 5.82 Å². The number of nitrogens with two attached hydrogens (primary N) is 1. The fraction of sp³-hybridized carbons (Fsp3) is 0.357. The van der Waals surface area contributed by atoms with Crippen molar-refractivity contribution in [3.05, 3.63) is 35.6 Å². The summed E-state index contributed by atoms with van der Waals surface area (Å²) in [5, 5.41) is 15.0. The molecule has 0 radical (unpaired) electrons. The molecule has 0 unspecified atom stereocenters. The van der Waals surface area contributed by atoms with Gasteiger partial charge in [-0.15, -0.1) is 0 Å². The fourth-order valence-electron chi connectivity index (χ4n) is 2.46. The molecule has 3 rings (SSSR count). The third kappa shape index (κ3) is 2.22. The van der Waals surface area contributed by atoms with E-state index in [4.69, 9.17) is 5.73 Å². The average molecular weight is 275 g/mol. The van der Waals surface area contributed by atoms with E-state index in [0.29, 0.717) is 17.0 Å². The van der Waals surface area contributed by atoms with E-state index in [1.807, 2.05) is 10.9 Å². The molecule has 6 heteroatoms. The Bertz CT molecular complexity index is 622. The first kappa shape index (κ1) is 12.9. The number of halogens is 1. The third-order valence-corrected chi connectivity index (χ3v) is 3.89. The summed E-state index contributed by atoms with van der Waals surface area (Å²) in [4.78, 5) is 0. The van der Waals surface area contributed by atoms with Crippen molar-refractivity contribution in [3.63, 3.8) is 0 Å². The Morgan fingerprint density at radius 1 is 1.45 bits per heavy atom. The maximum atomic E-state index is 14.2. The molecule has 1 aliphatic rings.